The molecule has 1 N–H and O–H groups in total. The van der Waals surface area contributed by atoms with Gasteiger partial charge in [0.05, 0.1) is 5.41 Å². The van der Waals surface area contributed by atoms with Crippen molar-refractivity contribution in [2.24, 2.45) is 11.3 Å². The van der Waals surface area contributed by atoms with Crippen molar-refractivity contribution in [3.63, 3.8) is 0 Å². The average molecular weight is 207 g/mol. The van der Waals surface area contributed by atoms with Gasteiger partial charge in [0, 0.05) is 6.04 Å². The van der Waals surface area contributed by atoms with Gasteiger partial charge in [0.15, 0.2) is 0 Å². The van der Waals surface area contributed by atoms with Crippen LogP contribution in [0.25, 0.3) is 0 Å². The maximum Gasteiger partial charge on any atom is 0.395 e. The summed E-state index contributed by atoms with van der Waals surface area (Å²) in [6.07, 6.45) is -1.76. The number of hydrogen-bond donors (Lipinski definition) is 1. The van der Waals surface area contributed by atoms with E-state index in [0.29, 0.717) is 25.2 Å². The van der Waals surface area contributed by atoms with Gasteiger partial charge in [0.25, 0.3) is 0 Å². The van der Waals surface area contributed by atoms with Gasteiger partial charge >= 0.3 is 6.18 Å². The Bertz CT molecular complexity index is 212. The molecular weight excluding hydrogens is 191 g/mol. The van der Waals surface area contributed by atoms with Gasteiger partial charge < -0.3 is 5.32 Å². The molecule has 0 spiro atoms. The number of piperidine rings is 1. The van der Waals surface area contributed by atoms with Crippen LogP contribution in [0.2, 0.25) is 0 Å². The minimum Gasteiger partial charge on any atom is -0.313 e. The number of nitrogens with one attached hydrogen (secondary N) is 1. The standard InChI is InChI=1S/C10H16F3N/c1-7-2-3-8(14-6-7)9(4-5-9)10(11,12)13/h7-8,14H,2-6H2,1H3. The van der Waals surface area contributed by atoms with E-state index in [1.54, 1.807) is 0 Å². The van der Waals surface area contributed by atoms with E-state index in [4.69, 9.17) is 0 Å². The molecule has 1 aliphatic heterocycles. The molecule has 14 heavy (non-hydrogen) atoms. The fourth-order valence-electron chi connectivity index (χ4n) is 2.43. The molecule has 0 aromatic carbocycles. The molecule has 1 saturated heterocycles. The van der Waals surface area contributed by atoms with Crippen LogP contribution in [0, 0.1) is 11.3 Å². The molecular formula is C10H16F3N. The van der Waals surface area contributed by atoms with Crippen molar-refractivity contribution >= 4 is 0 Å². The highest BCUT2D eigenvalue weighted by Gasteiger charge is 2.67. The Morgan fingerprint density at radius 3 is 2.21 bits per heavy atom. The zero-order valence-electron chi connectivity index (χ0n) is 8.32. The summed E-state index contributed by atoms with van der Waals surface area (Å²) in [5.41, 5.74) is -1.37. The van der Waals surface area contributed by atoms with Crippen LogP contribution in [0.15, 0.2) is 0 Å². The minimum absolute atomic E-state index is 0.321. The Labute approximate surface area is 82.1 Å². The Balaban J connectivity index is 2.02. The molecule has 1 saturated carbocycles. The molecule has 2 atom stereocenters. The van der Waals surface area contributed by atoms with Crippen LogP contribution in [0.5, 0.6) is 0 Å². The van der Waals surface area contributed by atoms with E-state index in [2.05, 4.69) is 12.2 Å². The van der Waals surface area contributed by atoms with Crippen LogP contribution in [-0.2, 0) is 0 Å². The smallest absolute Gasteiger partial charge is 0.313 e. The van der Waals surface area contributed by atoms with E-state index in [1.165, 1.54) is 0 Å². The van der Waals surface area contributed by atoms with Gasteiger partial charge in [-0.25, -0.2) is 0 Å². The third-order valence-corrected chi connectivity index (χ3v) is 3.68. The quantitative estimate of drug-likeness (QED) is 0.697. The summed E-state index contributed by atoms with van der Waals surface area (Å²) in [6, 6.07) is -0.321. The predicted octanol–water partition coefficient (Wildman–Crippen LogP) is 2.72. The van der Waals surface area contributed by atoms with Crippen molar-refractivity contribution in [3.05, 3.63) is 0 Å². The first kappa shape index (κ1) is 10.3. The Hall–Kier alpha value is -0.250. The number of alkyl halides is 3. The minimum atomic E-state index is -4.01. The Morgan fingerprint density at radius 2 is 1.86 bits per heavy atom. The normalized spacial score (nSPS) is 36.9. The summed E-state index contributed by atoms with van der Waals surface area (Å²) < 4.78 is 38.2. The van der Waals surface area contributed by atoms with Crippen LogP contribution in [-0.4, -0.2) is 18.8 Å². The second kappa shape index (κ2) is 3.12. The molecule has 0 amide bonds. The Morgan fingerprint density at radius 1 is 1.21 bits per heavy atom. The lowest BCUT2D eigenvalue weighted by Crippen LogP contribution is -2.49. The summed E-state index contributed by atoms with van der Waals surface area (Å²) in [5, 5.41) is 3.06. The van der Waals surface area contributed by atoms with Crippen molar-refractivity contribution < 1.29 is 13.2 Å². The fourth-order valence-corrected chi connectivity index (χ4v) is 2.43. The summed E-state index contributed by atoms with van der Waals surface area (Å²) in [7, 11) is 0. The van der Waals surface area contributed by atoms with Gasteiger partial charge in [-0.1, -0.05) is 6.92 Å². The van der Waals surface area contributed by atoms with Crippen LogP contribution in [0.1, 0.15) is 32.6 Å². The number of halogens is 3. The van der Waals surface area contributed by atoms with E-state index < -0.39 is 11.6 Å². The molecule has 0 radical (unpaired) electrons. The van der Waals surface area contributed by atoms with Gasteiger partial charge in [0.2, 0.25) is 0 Å². The van der Waals surface area contributed by atoms with Crippen LogP contribution < -0.4 is 5.32 Å². The third kappa shape index (κ3) is 1.53. The highest BCUT2D eigenvalue weighted by atomic mass is 19.4. The van der Waals surface area contributed by atoms with Gasteiger partial charge in [-0.15, -0.1) is 0 Å². The molecule has 2 unspecified atom stereocenters. The molecule has 82 valence electrons. The van der Waals surface area contributed by atoms with Gasteiger partial charge in [-0.3, -0.25) is 0 Å². The molecule has 1 aliphatic carbocycles. The molecule has 4 heteroatoms. The van der Waals surface area contributed by atoms with E-state index in [9.17, 15) is 13.2 Å². The molecule has 0 aromatic rings. The zero-order chi connectivity index (χ0) is 10.4. The Kier molecular flexibility index (Phi) is 2.29. The highest BCUT2D eigenvalue weighted by Crippen LogP contribution is 2.61. The van der Waals surface area contributed by atoms with Crippen molar-refractivity contribution in [3.8, 4) is 0 Å². The predicted molar refractivity (Wildman–Crippen MR) is 47.9 cm³/mol. The lowest BCUT2D eigenvalue weighted by atomic mass is 9.85. The van der Waals surface area contributed by atoms with Gasteiger partial charge in [-0.05, 0) is 38.1 Å². The van der Waals surface area contributed by atoms with Gasteiger partial charge in [-0.2, -0.15) is 13.2 Å². The van der Waals surface area contributed by atoms with E-state index >= 15 is 0 Å². The van der Waals surface area contributed by atoms with Crippen LogP contribution in [0.4, 0.5) is 13.2 Å². The average Bonchev–Trinajstić information content (AvgIpc) is 2.84. The second-order valence-corrected chi connectivity index (χ2v) is 4.80. The van der Waals surface area contributed by atoms with E-state index in [-0.39, 0.29) is 6.04 Å². The first-order valence-corrected chi connectivity index (χ1v) is 5.26. The zero-order valence-corrected chi connectivity index (χ0v) is 8.32. The first-order chi connectivity index (χ1) is 6.46. The van der Waals surface area contributed by atoms with Crippen LogP contribution >= 0.6 is 0 Å². The second-order valence-electron chi connectivity index (χ2n) is 4.80. The molecule has 1 heterocycles. The summed E-state index contributed by atoms with van der Waals surface area (Å²) in [4.78, 5) is 0. The lowest BCUT2D eigenvalue weighted by Gasteiger charge is -2.35. The summed E-state index contributed by atoms with van der Waals surface area (Å²) >= 11 is 0. The SMILES string of the molecule is CC1CCC(C2(C(F)(F)F)CC2)NC1. The molecule has 2 aliphatic rings. The van der Waals surface area contributed by atoms with Crippen molar-refractivity contribution in [2.75, 3.05) is 6.54 Å². The largest absolute Gasteiger partial charge is 0.395 e. The number of hydrogen-bond acceptors (Lipinski definition) is 1. The highest BCUT2D eigenvalue weighted by molar-refractivity contribution is 5.08. The lowest BCUT2D eigenvalue weighted by molar-refractivity contribution is -0.197. The van der Waals surface area contributed by atoms with Crippen molar-refractivity contribution in [1.82, 2.24) is 5.32 Å². The monoisotopic (exact) mass is 207 g/mol. The molecule has 0 aromatic heterocycles. The number of rotatable bonds is 1. The summed E-state index contributed by atoms with van der Waals surface area (Å²) in [5.74, 6) is 0.523. The maximum atomic E-state index is 12.7. The molecule has 0 bridgehead atoms. The van der Waals surface area contributed by atoms with Crippen LogP contribution in [0.3, 0.4) is 0 Å². The maximum absolute atomic E-state index is 12.7. The molecule has 2 fully saturated rings. The van der Waals surface area contributed by atoms with Gasteiger partial charge in [0.1, 0.15) is 0 Å². The molecule has 1 nitrogen and oxygen atoms in total. The first-order valence-electron chi connectivity index (χ1n) is 5.26. The summed E-state index contributed by atoms with van der Waals surface area (Å²) in [6.45, 7) is 2.82. The van der Waals surface area contributed by atoms with Crippen molar-refractivity contribution in [2.45, 2.75) is 44.8 Å². The molecule has 2 rings (SSSR count). The van der Waals surface area contributed by atoms with E-state index in [0.717, 1.165) is 13.0 Å². The van der Waals surface area contributed by atoms with E-state index in [1.807, 2.05) is 0 Å². The third-order valence-electron chi connectivity index (χ3n) is 3.68. The van der Waals surface area contributed by atoms with Crippen molar-refractivity contribution in [1.29, 1.82) is 0 Å². The topological polar surface area (TPSA) is 12.0 Å². The fraction of sp³-hybridized carbons (Fsp3) is 1.00.